The van der Waals surface area contributed by atoms with Gasteiger partial charge in [-0.3, -0.25) is 4.79 Å². The third-order valence-electron chi connectivity index (χ3n) is 5.18. The van der Waals surface area contributed by atoms with Crippen LogP contribution in [0.1, 0.15) is 29.4 Å². The van der Waals surface area contributed by atoms with Crippen molar-refractivity contribution in [2.24, 2.45) is 5.14 Å². The zero-order valence-electron chi connectivity index (χ0n) is 18.1. The second-order valence-electron chi connectivity index (χ2n) is 7.38. The van der Waals surface area contributed by atoms with Gasteiger partial charge in [0.15, 0.2) is 0 Å². The number of aryl methyl sites for hydroxylation is 2. The van der Waals surface area contributed by atoms with E-state index in [1.54, 1.807) is 18.2 Å². The fourth-order valence-corrected chi connectivity index (χ4v) is 3.96. The molecule has 32 heavy (non-hydrogen) atoms. The summed E-state index contributed by atoms with van der Waals surface area (Å²) in [6.07, 6.45) is 2.45. The van der Waals surface area contributed by atoms with Crippen LogP contribution in [0.4, 0.5) is 5.69 Å². The number of sulfonamides is 1. The first kappa shape index (κ1) is 23.0. The first-order valence-electron chi connectivity index (χ1n) is 9.98. The van der Waals surface area contributed by atoms with Gasteiger partial charge in [-0.2, -0.15) is 5.26 Å². The number of primary sulfonamides is 1. The Bertz CT molecular complexity index is 1330. The summed E-state index contributed by atoms with van der Waals surface area (Å²) < 4.78 is 24.9. The van der Waals surface area contributed by atoms with E-state index in [2.05, 4.69) is 12.2 Å². The molecule has 1 aromatic heterocycles. The maximum Gasteiger partial charge on any atom is 0.266 e. The molecule has 2 aromatic carbocycles. The van der Waals surface area contributed by atoms with Crippen LogP contribution in [0.2, 0.25) is 0 Å². The fraction of sp³-hybridized carbons (Fsp3) is 0.167. The number of benzene rings is 2. The summed E-state index contributed by atoms with van der Waals surface area (Å²) in [7, 11) is -3.77. The SMILES string of the molecule is CCc1ccc(NC(=O)/C(C#N)=C\c2cc(C)n(-c3ccc(S(N)(=O)=O)cc3)c2C)cc1. The van der Waals surface area contributed by atoms with Gasteiger partial charge in [0.2, 0.25) is 10.0 Å². The highest BCUT2D eigenvalue weighted by Gasteiger charge is 2.15. The summed E-state index contributed by atoms with van der Waals surface area (Å²) in [5.41, 5.74) is 4.88. The van der Waals surface area contributed by atoms with Crippen molar-refractivity contribution in [1.82, 2.24) is 4.57 Å². The molecule has 0 aliphatic carbocycles. The van der Waals surface area contributed by atoms with Gasteiger partial charge in [0.1, 0.15) is 11.6 Å². The van der Waals surface area contributed by atoms with E-state index in [-0.39, 0.29) is 10.5 Å². The first-order chi connectivity index (χ1) is 15.1. The number of hydrogen-bond acceptors (Lipinski definition) is 4. The molecule has 0 saturated heterocycles. The molecule has 3 aromatic rings. The van der Waals surface area contributed by atoms with Gasteiger partial charge in [-0.15, -0.1) is 0 Å². The topological polar surface area (TPSA) is 118 Å². The van der Waals surface area contributed by atoms with E-state index < -0.39 is 15.9 Å². The highest BCUT2D eigenvalue weighted by molar-refractivity contribution is 7.89. The van der Waals surface area contributed by atoms with E-state index in [0.717, 1.165) is 29.1 Å². The fourth-order valence-electron chi connectivity index (χ4n) is 3.44. The number of nitriles is 1. The van der Waals surface area contributed by atoms with Gasteiger partial charge in [0.05, 0.1) is 4.90 Å². The number of nitrogens with zero attached hydrogens (tertiary/aromatic N) is 2. The molecular weight excluding hydrogens is 424 g/mol. The van der Waals surface area contributed by atoms with Gasteiger partial charge in [-0.1, -0.05) is 19.1 Å². The molecule has 0 aliphatic rings. The number of aromatic nitrogens is 1. The number of amides is 1. The Balaban J connectivity index is 1.90. The van der Waals surface area contributed by atoms with Crippen LogP contribution < -0.4 is 10.5 Å². The average Bonchev–Trinajstić information content (AvgIpc) is 3.04. The van der Waals surface area contributed by atoms with Gasteiger partial charge in [0, 0.05) is 22.8 Å². The zero-order valence-corrected chi connectivity index (χ0v) is 18.9. The Morgan fingerprint density at radius 2 is 1.75 bits per heavy atom. The number of rotatable bonds is 6. The highest BCUT2D eigenvalue weighted by Crippen LogP contribution is 2.24. The maximum absolute atomic E-state index is 12.6. The molecule has 1 heterocycles. The highest BCUT2D eigenvalue weighted by atomic mass is 32.2. The Hall–Kier alpha value is -3.67. The van der Waals surface area contributed by atoms with Crippen molar-refractivity contribution in [3.63, 3.8) is 0 Å². The molecule has 0 spiro atoms. The standard InChI is InChI=1S/C24H24N4O3S/c1-4-18-5-7-21(8-6-18)27-24(29)20(15-25)14-19-13-16(2)28(17(19)3)22-9-11-23(12-10-22)32(26,30)31/h5-14H,4H2,1-3H3,(H,27,29)(H2,26,30,31)/b20-14-. The molecular formula is C24H24N4O3S. The summed E-state index contributed by atoms with van der Waals surface area (Å²) in [6.45, 7) is 5.80. The number of hydrogen-bond donors (Lipinski definition) is 2. The van der Waals surface area contributed by atoms with Crippen LogP contribution in [0.25, 0.3) is 11.8 Å². The number of nitrogens with one attached hydrogen (secondary N) is 1. The molecule has 164 valence electrons. The lowest BCUT2D eigenvalue weighted by Crippen LogP contribution is -2.13. The number of anilines is 1. The van der Waals surface area contributed by atoms with E-state index >= 15 is 0 Å². The third kappa shape index (κ3) is 4.97. The monoisotopic (exact) mass is 448 g/mol. The molecule has 1 amide bonds. The van der Waals surface area contributed by atoms with Crippen molar-refractivity contribution in [3.05, 3.63) is 82.7 Å². The molecule has 0 aliphatic heterocycles. The van der Waals surface area contributed by atoms with Gasteiger partial charge < -0.3 is 9.88 Å². The number of carbonyl (C=O) groups is 1. The minimum absolute atomic E-state index is 0.0191. The summed E-state index contributed by atoms with van der Waals surface area (Å²) in [4.78, 5) is 12.7. The maximum atomic E-state index is 12.6. The van der Waals surface area contributed by atoms with Crippen LogP contribution >= 0.6 is 0 Å². The molecule has 3 rings (SSSR count). The van der Waals surface area contributed by atoms with Crippen molar-refractivity contribution in [2.45, 2.75) is 32.1 Å². The molecule has 0 unspecified atom stereocenters. The van der Waals surface area contributed by atoms with Crippen molar-refractivity contribution in [1.29, 1.82) is 5.26 Å². The minimum atomic E-state index is -3.77. The molecule has 3 N–H and O–H groups in total. The number of nitrogens with two attached hydrogens (primary N) is 1. The zero-order chi connectivity index (χ0) is 23.5. The second-order valence-corrected chi connectivity index (χ2v) is 8.94. The van der Waals surface area contributed by atoms with Crippen LogP contribution in [-0.4, -0.2) is 18.9 Å². The Kier molecular flexibility index (Phi) is 6.63. The van der Waals surface area contributed by atoms with E-state index in [4.69, 9.17) is 5.14 Å². The molecule has 0 saturated carbocycles. The van der Waals surface area contributed by atoms with Gasteiger partial charge >= 0.3 is 0 Å². The Labute approximate surface area is 187 Å². The lowest BCUT2D eigenvalue weighted by atomic mass is 10.1. The predicted molar refractivity (Wildman–Crippen MR) is 125 cm³/mol. The van der Waals surface area contributed by atoms with Crippen LogP contribution in [0.15, 0.2) is 65.1 Å². The van der Waals surface area contributed by atoms with Crippen molar-refractivity contribution < 1.29 is 13.2 Å². The van der Waals surface area contributed by atoms with Crippen molar-refractivity contribution >= 4 is 27.7 Å². The van der Waals surface area contributed by atoms with Crippen LogP contribution in [0, 0.1) is 25.2 Å². The smallest absolute Gasteiger partial charge is 0.266 e. The molecule has 0 radical (unpaired) electrons. The van der Waals surface area contributed by atoms with Crippen LogP contribution in [0.5, 0.6) is 0 Å². The Morgan fingerprint density at radius 1 is 1.12 bits per heavy atom. The molecule has 0 atom stereocenters. The van der Waals surface area contributed by atoms with Gasteiger partial charge in [0.25, 0.3) is 5.91 Å². The third-order valence-corrected chi connectivity index (χ3v) is 6.11. The number of carbonyl (C=O) groups excluding carboxylic acids is 1. The normalized spacial score (nSPS) is 11.8. The second kappa shape index (κ2) is 9.22. The summed E-state index contributed by atoms with van der Waals surface area (Å²) in [5, 5.41) is 17.5. The van der Waals surface area contributed by atoms with E-state index in [0.29, 0.717) is 11.3 Å². The van der Waals surface area contributed by atoms with Gasteiger partial charge in [-0.25, -0.2) is 13.6 Å². The Morgan fingerprint density at radius 3 is 2.28 bits per heavy atom. The summed E-state index contributed by atoms with van der Waals surface area (Å²) in [6, 6.07) is 17.5. The lowest BCUT2D eigenvalue weighted by molar-refractivity contribution is -0.112. The molecule has 7 nitrogen and oxygen atoms in total. The predicted octanol–water partition coefficient (Wildman–Crippen LogP) is 3.85. The molecule has 0 fully saturated rings. The van der Waals surface area contributed by atoms with Crippen molar-refractivity contribution in [3.8, 4) is 11.8 Å². The van der Waals surface area contributed by atoms with Crippen LogP contribution in [0.3, 0.4) is 0 Å². The minimum Gasteiger partial charge on any atom is -0.321 e. The van der Waals surface area contributed by atoms with Crippen molar-refractivity contribution in [2.75, 3.05) is 5.32 Å². The van der Waals surface area contributed by atoms with Crippen LogP contribution in [-0.2, 0) is 21.2 Å². The van der Waals surface area contributed by atoms with E-state index in [1.807, 2.05) is 54.8 Å². The van der Waals surface area contributed by atoms with E-state index in [1.165, 1.54) is 12.1 Å². The largest absolute Gasteiger partial charge is 0.321 e. The molecule has 0 bridgehead atoms. The quantitative estimate of drug-likeness (QED) is 0.440. The summed E-state index contributed by atoms with van der Waals surface area (Å²) in [5.74, 6) is -0.487. The average molecular weight is 449 g/mol. The first-order valence-corrected chi connectivity index (χ1v) is 11.5. The lowest BCUT2D eigenvalue weighted by Gasteiger charge is -2.10. The molecule has 8 heteroatoms. The van der Waals surface area contributed by atoms with E-state index in [9.17, 15) is 18.5 Å². The van der Waals surface area contributed by atoms with Gasteiger partial charge in [-0.05, 0) is 79.9 Å². The summed E-state index contributed by atoms with van der Waals surface area (Å²) >= 11 is 0.